The van der Waals surface area contributed by atoms with Crippen LogP contribution in [0.3, 0.4) is 0 Å². The van der Waals surface area contributed by atoms with Crippen LogP contribution in [-0.4, -0.2) is 18.0 Å². The van der Waals surface area contributed by atoms with E-state index >= 15 is 0 Å². The van der Waals surface area contributed by atoms with Gasteiger partial charge in [0.05, 0.1) is 16.3 Å². The standard InChI is InChI=1S/C23H15Cl2N3O3/c24-18-10-8-15(12-19(18)25)21-11-9-16(31-21)13-26-28-23(30)22(29)27-20-7-3-5-14-4-1-2-6-17(14)20/h1-13H,(H,27,29)(H,28,30)/b26-13-. The van der Waals surface area contributed by atoms with Crippen LogP contribution in [-0.2, 0) is 9.59 Å². The molecule has 0 bridgehead atoms. The number of carbonyl (C=O) groups is 2. The van der Waals surface area contributed by atoms with Gasteiger partial charge in [-0.3, -0.25) is 9.59 Å². The average Bonchev–Trinajstić information content (AvgIpc) is 3.24. The largest absolute Gasteiger partial charge is 0.455 e. The smallest absolute Gasteiger partial charge is 0.329 e. The minimum absolute atomic E-state index is 0.385. The molecule has 6 nitrogen and oxygen atoms in total. The maximum absolute atomic E-state index is 12.2. The molecule has 0 saturated heterocycles. The number of nitrogens with one attached hydrogen (secondary N) is 2. The van der Waals surface area contributed by atoms with Crippen molar-refractivity contribution in [1.29, 1.82) is 0 Å². The summed E-state index contributed by atoms with van der Waals surface area (Å²) in [6, 6.07) is 21.5. The fraction of sp³-hybridized carbons (Fsp3) is 0. The molecule has 154 valence electrons. The first-order valence-corrected chi connectivity index (χ1v) is 9.94. The van der Waals surface area contributed by atoms with Gasteiger partial charge in [0.2, 0.25) is 0 Å². The lowest BCUT2D eigenvalue weighted by atomic mass is 10.1. The lowest BCUT2D eigenvalue weighted by Gasteiger charge is -2.07. The van der Waals surface area contributed by atoms with Crippen LogP contribution in [0.1, 0.15) is 5.76 Å². The van der Waals surface area contributed by atoms with Gasteiger partial charge in [0.25, 0.3) is 0 Å². The lowest BCUT2D eigenvalue weighted by molar-refractivity contribution is -0.136. The van der Waals surface area contributed by atoms with Crippen LogP contribution in [0.4, 0.5) is 5.69 Å². The molecule has 0 spiro atoms. The molecule has 4 aromatic rings. The summed E-state index contributed by atoms with van der Waals surface area (Å²) in [7, 11) is 0. The fourth-order valence-electron chi connectivity index (χ4n) is 2.95. The summed E-state index contributed by atoms with van der Waals surface area (Å²) >= 11 is 11.9. The van der Waals surface area contributed by atoms with Crippen molar-refractivity contribution < 1.29 is 14.0 Å². The van der Waals surface area contributed by atoms with Crippen molar-refractivity contribution >= 4 is 57.7 Å². The Hall–Kier alpha value is -3.61. The highest BCUT2D eigenvalue weighted by atomic mass is 35.5. The molecule has 1 aromatic heterocycles. The molecule has 0 aliphatic carbocycles. The van der Waals surface area contributed by atoms with E-state index in [1.807, 2.05) is 30.3 Å². The van der Waals surface area contributed by atoms with Gasteiger partial charge >= 0.3 is 11.8 Å². The number of furan rings is 1. The number of amides is 2. The van der Waals surface area contributed by atoms with Crippen molar-refractivity contribution in [3.05, 3.63) is 88.6 Å². The summed E-state index contributed by atoms with van der Waals surface area (Å²) in [5, 5.41) is 9.02. The zero-order chi connectivity index (χ0) is 21.8. The minimum atomic E-state index is -0.902. The van der Waals surface area contributed by atoms with Crippen LogP contribution in [0.5, 0.6) is 0 Å². The van der Waals surface area contributed by atoms with E-state index in [1.54, 1.807) is 42.5 Å². The minimum Gasteiger partial charge on any atom is -0.455 e. The molecular formula is C23H15Cl2N3O3. The molecule has 0 fully saturated rings. The maximum atomic E-state index is 12.2. The molecule has 0 aliphatic rings. The first-order valence-electron chi connectivity index (χ1n) is 9.19. The summed E-state index contributed by atoms with van der Waals surface area (Å²) in [6.45, 7) is 0. The van der Waals surface area contributed by atoms with E-state index in [9.17, 15) is 9.59 Å². The Morgan fingerprint density at radius 2 is 1.68 bits per heavy atom. The van der Waals surface area contributed by atoms with Crippen LogP contribution in [0.15, 0.2) is 82.3 Å². The molecule has 31 heavy (non-hydrogen) atoms. The molecule has 0 unspecified atom stereocenters. The summed E-state index contributed by atoms with van der Waals surface area (Å²) in [4.78, 5) is 24.3. The summed E-state index contributed by atoms with van der Waals surface area (Å²) in [5.74, 6) is -0.791. The number of nitrogens with zero attached hydrogens (tertiary/aromatic N) is 1. The Morgan fingerprint density at radius 3 is 2.52 bits per heavy atom. The zero-order valence-corrected chi connectivity index (χ0v) is 17.4. The SMILES string of the molecule is O=C(N/N=C\c1ccc(-c2ccc(Cl)c(Cl)c2)o1)C(=O)Nc1cccc2ccccc12. The van der Waals surface area contributed by atoms with E-state index in [0.717, 1.165) is 16.3 Å². The van der Waals surface area contributed by atoms with Gasteiger partial charge in [-0.2, -0.15) is 5.10 Å². The molecule has 3 aromatic carbocycles. The Balaban J connectivity index is 1.38. The first kappa shape index (κ1) is 20.7. The van der Waals surface area contributed by atoms with Crippen molar-refractivity contribution in [2.75, 3.05) is 5.32 Å². The number of hydrogen-bond acceptors (Lipinski definition) is 4. The van der Waals surface area contributed by atoms with Gasteiger partial charge in [-0.05, 0) is 41.8 Å². The van der Waals surface area contributed by atoms with E-state index in [2.05, 4.69) is 15.8 Å². The monoisotopic (exact) mass is 451 g/mol. The summed E-state index contributed by atoms with van der Waals surface area (Å²) in [5.41, 5.74) is 3.47. The molecule has 0 aliphatic heterocycles. The van der Waals surface area contributed by atoms with Gasteiger partial charge in [0.1, 0.15) is 11.5 Å². The number of hydrazone groups is 1. The van der Waals surface area contributed by atoms with Crippen molar-refractivity contribution in [3.63, 3.8) is 0 Å². The Bertz CT molecular complexity index is 1310. The molecule has 1 heterocycles. The van der Waals surface area contributed by atoms with E-state index < -0.39 is 11.8 Å². The van der Waals surface area contributed by atoms with Gasteiger partial charge in [-0.1, -0.05) is 59.6 Å². The van der Waals surface area contributed by atoms with Crippen molar-refractivity contribution in [2.24, 2.45) is 5.10 Å². The van der Waals surface area contributed by atoms with E-state index in [4.69, 9.17) is 27.6 Å². The number of halogens is 2. The molecule has 8 heteroatoms. The zero-order valence-electron chi connectivity index (χ0n) is 15.9. The summed E-state index contributed by atoms with van der Waals surface area (Å²) in [6.07, 6.45) is 1.30. The Kier molecular flexibility index (Phi) is 6.02. The second kappa shape index (κ2) is 9.04. The normalized spacial score (nSPS) is 11.0. The average molecular weight is 452 g/mol. The van der Waals surface area contributed by atoms with Gasteiger partial charge in [-0.15, -0.1) is 0 Å². The molecule has 0 radical (unpaired) electrons. The molecule has 2 N–H and O–H groups in total. The van der Waals surface area contributed by atoms with Crippen LogP contribution in [0, 0.1) is 0 Å². The quantitative estimate of drug-likeness (QED) is 0.244. The van der Waals surface area contributed by atoms with Gasteiger partial charge in [0, 0.05) is 16.6 Å². The van der Waals surface area contributed by atoms with Crippen molar-refractivity contribution in [1.82, 2.24) is 5.43 Å². The van der Waals surface area contributed by atoms with Crippen molar-refractivity contribution in [3.8, 4) is 11.3 Å². The fourth-order valence-corrected chi connectivity index (χ4v) is 3.24. The number of hydrogen-bond donors (Lipinski definition) is 2. The predicted molar refractivity (Wildman–Crippen MR) is 122 cm³/mol. The number of carbonyl (C=O) groups excluding carboxylic acids is 2. The second-order valence-corrected chi connectivity index (χ2v) is 7.33. The van der Waals surface area contributed by atoms with Gasteiger partial charge in [-0.25, -0.2) is 5.43 Å². The predicted octanol–water partition coefficient (Wildman–Crippen LogP) is 5.50. The third kappa shape index (κ3) is 4.77. The molecule has 2 amide bonds. The highest BCUT2D eigenvalue weighted by Crippen LogP contribution is 2.29. The van der Waals surface area contributed by atoms with E-state index in [1.165, 1.54) is 6.21 Å². The third-order valence-electron chi connectivity index (χ3n) is 4.43. The molecule has 4 rings (SSSR count). The van der Waals surface area contributed by atoms with Gasteiger partial charge < -0.3 is 9.73 Å². The third-order valence-corrected chi connectivity index (χ3v) is 5.17. The number of rotatable bonds is 4. The second-order valence-electron chi connectivity index (χ2n) is 6.51. The first-order chi connectivity index (χ1) is 15.0. The van der Waals surface area contributed by atoms with Crippen LogP contribution < -0.4 is 10.7 Å². The van der Waals surface area contributed by atoms with Crippen LogP contribution in [0.25, 0.3) is 22.1 Å². The highest BCUT2D eigenvalue weighted by molar-refractivity contribution is 6.42. The number of fused-ring (bicyclic) bond motifs is 1. The molecule has 0 atom stereocenters. The van der Waals surface area contributed by atoms with Crippen molar-refractivity contribution in [2.45, 2.75) is 0 Å². The highest BCUT2D eigenvalue weighted by Gasteiger charge is 2.14. The van der Waals surface area contributed by atoms with Gasteiger partial charge in [0.15, 0.2) is 0 Å². The maximum Gasteiger partial charge on any atom is 0.329 e. The molecule has 0 saturated carbocycles. The Labute approximate surface area is 187 Å². The van der Waals surface area contributed by atoms with Crippen LogP contribution >= 0.6 is 23.2 Å². The number of benzene rings is 3. The van der Waals surface area contributed by atoms with E-state index in [0.29, 0.717) is 27.3 Å². The topological polar surface area (TPSA) is 83.7 Å². The van der Waals surface area contributed by atoms with E-state index in [-0.39, 0.29) is 0 Å². The number of anilines is 1. The van der Waals surface area contributed by atoms with Crippen LogP contribution in [0.2, 0.25) is 10.0 Å². The lowest BCUT2D eigenvalue weighted by Crippen LogP contribution is -2.32. The summed E-state index contributed by atoms with van der Waals surface area (Å²) < 4.78 is 5.65. The molecular weight excluding hydrogens is 437 g/mol. The Morgan fingerprint density at radius 1 is 0.871 bits per heavy atom.